The Bertz CT molecular complexity index is 336. The van der Waals surface area contributed by atoms with Gasteiger partial charge in [0.05, 0.1) is 7.11 Å². The molecule has 0 fully saturated rings. The van der Waals surface area contributed by atoms with Crippen molar-refractivity contribution in [3.8, 4) is 5.75 Å². The monoisotopic (exact) mass is 175 g/mol. The van der Waals surface area contributed by atoms with Crippen LogP contribution in [0.4, 0.5) is 0 Å². The second-order valence-corrected chi connectivity index (χ2v) is 2.29. The van der Waals surface area contributed by atoms with Crippen molar-refractivity contribution in [2.75, 3.05) is 7.11 Å². The molecule has 0 N–H and O–H groups in total. The van der Waals surface area contributed by atoms with Gasteiger partial charge >= 0.3 is 0 Å². The maximum atomic E-state index is 8.01. The van der Waals surface area contributed by atoms with E-state index in [1.165, 1.54) is 6.20 Å². The first kappa shape index (κ1) is 9.16. The van der Waals surface area contributed by atoms with Crippen LogP contribution in [0.2, 0.25) is 0 Å². The predicted molar refractivity (Wildman–Crippen MR) is 51.2 cm³/mol. The van der Waals surface area contributed by atoms with Gasteiger partial charge in [-0.05, 0) is 23.2 Å². The summed E-state index contributed by atoms with van der Waals surface area (Å²) in [5, 5.41) is 3.28. The molecule has 13 heavy (non-hydrogen) atoms. The highest BCUT2D eigenvalue weighted by Gasteiger charge is 1.88. The van der Waals surface area contributed by atoms with Gasteiger partial charge in [0.2, 0.25) is 0 Å². The second kappa shape index (κ2) is 4.85. The number of ether oxygens (including phenoxy) is 1. The summed E-state index contributed by atoms with van der Waals surface area (Å²) in [5.74, 6) is 0.806. The molecular formula is C9H9N3O. The van der Waals surface area contributed by atoms with E-state index in [2.05, 4.69) is 10.0 Å². The SMILES string of the molecule is COc1ccc(/C=C\N=[N+]=[N-])cc1. The minimum absolute atomic E-state index is 0.806. The van der Waals surface area contributed by atoms with E-state index in [-0.39, 0.29) is 0 Å². The summed E-state index contributed by atoms with van der Waals surface area (Å²) in [6, 6.07) is 7.44. The van der Waals surface area contributed by atoms with Gasteiger partial charge in [0.25, 0.3) is 0 Å². The van der Waals surface area contributed by atoms with Crippen LogP contribution >= 0.6 is 0 Å². The van der Waals surface area contributed by atoms with Crippen LogP contribution in [0.1, 0.15) is 5.56 Å². The standard InChI is InChI=1S/C9H9N3O/c1-13-9-4-2-8(3-5-9)6-7-11-12-10/h2-7H,1H3/b7-6-. The molecule has 0 saturated carbocycles. The van der Waals surface area contributed by atoms with E-state index in [9.17, 15) is 0 Å². The Morgan fingerprint density at radius 2 is 2.08 bits per heavy atom. The molecule has 66 valence electrons. The average Bonchev–Trinajstić information content (AvgIpc) is 2.19. The van der Waals surface area contributed by atoms with Gasteiger partial charge in [-0.15, -0.1) is 0 Å². The van der Waals surface area contributed by atoms with Crippen LogP contribution in [0, 0.1) is 0 Å². The lowest BCUT2D eigenvalue weighted by molar-refractivity contribution is 0.415. The van der Waals surface area contributed by atoms with Crippen LogP contribution < -0.4 is 4.74 Å². The Hall–Kier alpha value is -1.93. The van der Waals surface area contributed by atoms with Crippen molar-refractivity contribution in [3.63, 3.8) is 0 Å². The van der Waals surface area contributed by atoms with Crippen LogP contribution in [0.15, 0.2) is 35.6 Å². The van der Waals surface area contributed by atoms with E-state index in [1.807, 2.05) is 24.3 Å². The fourth-order valence-electron chi connectivity index (χ4n) is 0.864. The number of benzene rings is 1. The quantitative estimate of drug-likeness (QED) is 0.395. The third-order valence-electron chi connectivity index (χ3n) is 1.50. The lowest BCUT2D eigenvalue weighted by Gasteiger charge is -1.98. The molecule has 0 heterocycles. The highest BCUT2D eigenvalue weighted by Crippen LogP contribution is 2.12. The molecule has 4 nitrogen and oxygen atoms in total. The van der Waals surface area contributed by atoms with E-state index in [0.29, 0.717) is 0 Å². The average molecular weight is 175 g/mol. The molecule has 0 aliphatic carbocycles. The summed E-state index contributed by atoms with van der Waals surface area (Å²) in [7, 11) is 1.62. The molecule has 0 atom stereocenters. The van der Waals surface area contributed by atoms with Crippen molar-refractivity contribution < 1.29 is 4.74 Å². The molecule has 0 unspecified atom stereocenters. The van der Waals surface area contributed by atoms with Crippen LogP contribution in [0.5, 0.6) is 5.75 Å². The summed E-state index contributed by atoms with van der Waals surface area (Å²) in [5.41, 5.74) is 8.98. The first-order valence-electron chi connectivity index (χ1n) is 3.71. The molecule has 0 aromatic heterocycles. The van der Waals surface area contributed by atoms with Crippen molar-refractivity contribution in [2.45, 2.75) is 0 Å². The number of methoxy groups -OCH3 is 1. The second-order valence-electron chi connectivity index (χ2n) is 2.29. The van der Waals surface area contributed by atoms with Gasteiger partial charge in [0.1, 0.15) is 5.75 Å². The third-order valence-corrected chi connectivity index (χ3v) is 1.50. The molecule has 1 aromatic rings. The number of hydrogen-bond acceptors (Lipinski definition) is 2. The Morgan fingerprint density at radius 3 is 2.62 bits per heavy atom. The summed E-state index contributed by atoms with van der Waals surface area (Å²) in [6.45, 7) is 0. The highest BCUT2D eigenvalue weighted by molar-refractivity contribution is 5.50. The first-order valence-corrected chi connectivity index (χ1v) is 3.71. The number of hydrogen-bond donors (Lipinski definition) is 0. The van der Waals surface area contributed by atoms with E-state index in [0.717, 1.165) is 11.3 Å². The molecular weight excluding hydrogens is 166 g/mol. The Kier molecular flexibility index (Phi) is 3.42. The van der Waals surface area contributed by atoms with E-state index >= 15 is 0 Å². The molecule has 1 aromatic carbocycles. The van der Waals surface area contributed by atoms with Crippen LogP contribution in [0.25, 0.3) is 16.5 Å². The van der Waals surface area contributed by atoms with Crippen LogP contribution in [0.3, 0.4) is 0 Å². The summed E-state index contributed by atoms with van der Waals surface area (Å²) in [4.78, 5) is 2.60. The molecule has 0 aliphatic rings. The van der Waals surface area contributed by atoms with Gasteiger partial charge in [-0.25, -0.2) is 0 Å². The van der Waals surface area contributed by atoms with Crippen molar-refractivity contribution in [2.24, 2.45) is 5.11 Å². The minimum Gasteiger partial charge on any atom is -0.497 e. The molecule has 0 spiro atoms. The van der Waals surface area contributed by atoms with Crippen LogP contribution in [-0.2, 0) is 0 Å². The Morgan fingerprint density at radius 1 is 1.38 bits per heavy atom. The van der Waals surface area contributed by atoms with Crippen molar-refractivity contribution in [1.82, 2.24) is 0 Å². The predicted octanol–water partition coefficient (Wildman–Crippen LogP) is 2.98. The van der Waals surface area contributed by atoms with Gasteiger partial charge in [0, 0.05) is 11.1 Å². The Balaban J connectivity index is 2.74. The zero-order valence-electron chi connectivity index (χ0n) is 7.21. The third kappa shape index (κ3) is 2.89. The minimum atomic E-state index is 0.806. The smallest absolute Gasteiger partial charge is 0.118 e. The highest BCUT2D eigenvalue weighted by atomic mass is 16.5. The van der Waals surface area contributed by atoms with Crippen molar-refractivity contribution >= 4 is 6.08 Å². The lowest BCUT2D eigenvalue weighted by Crippen LogP contribution is -1.80. The fourth-order valence-corrected chi connectivity index (χ4v) is 0.864. The number of rotatable bonds is 3. The molecule has 0 radical (unpaired) electrons. The van der Waals surface area contributed by atoms with Gasteiger partial charge in [-0.2, -0.15) is 0 Å². The number of nitrogens with zero attached hydrogens (tertiary/aromatic N) is 3. The normalized spacial score (nSPS) is 9.62. The maximum Gasteiger partial charge on any atom is 0.118 e. The van der Waals surface area contributed by atoms with Gasteiger partial charge < -0.3 is 4.74 Å². The van der Waals surface area contributed by atoms with Crippen molar-refractivity contribution in [3.05, 3.63) is 46.5 Å². The Labute approximate surface area is 76.1 Å². The van der Waals surface area contributed by atoms with Gasteiger partial charge in [-0.3, -0.25) is 0 Å². The lowest BCUT2D eigenvalue weighted by atomic mass is 10.2. The zero-order valence-corrected chi connectivity index (χ0v) is 7.21. The molecule has 0 bridgehead atoms. The molecule has 0 amide bonds. The largest absolute Gasteiger partial charge is 0.497 e. The number of azide groups is 1. The molecule has 0 saturated heterocycles. The molecule has 4 heteroatoms. The summed E-state index contributed by atoms with van der Waals surface area (Å²) < 4.78 is 4.99. The maximum absolute atomic E-state index is 8.01. The topological polar surface area (TPSA) is 58.0 Å². The summed E-state index contributed by atoms with van der Waals surface area (Å²) in [6.07, 6.45) is 3.13. The fraction of sp³-hybridized carbons (Fsp3) is 0.111. The first-order chi connectivity index (χ1) is 6.36. The van der Waals surface area contributed by atoms with Crippen molar-refractivity contribution in [1.29, 1.82) is 0 Å². The van der Waals surface area contributed by atoms with E-state index < -0.39 is 0 Å². The summed E-state index contributed by atoms with van der Waals surface area (Å²) >= 11 is 0. The zero-order chi connectivity index (χ0) is 9.52. The van der Waals surface area contributed by atoms with Gasteiger partial charge in [-0.1, -0.05) is 23.3 Å². The van der Waals surface area contributed by atoms with E-state index in [1.54, 1.807) is 13.2 Å². The van der Waals surface area contributed by atoms with Gasteiger partial charge in [0.15, 0.2) is 0 Å². The molecule has 0 aliphatic heterocycles. The van der Waals surface area contributed by atoms with Crippen LogP contribution in [-0.4, -0.2) is 7.11 Å². The molecule has 1 rings (SSSR count). The van der Waals surface area contributed by atoms with E-state index in [4.69, 9.17) is 10.3 Å².